The fraction of sp³-hybridized carbons (Fsp3) is 0.632. The van der Waals surface area contributed by atoms with Crippen LogP contribution in [0.2, 0.25) is 0 Å². The molecule has 0 aliphatic carbocycles. The number of aliphatic hydroxyl groups excluding tert-OH is 1. The molecule has 0 bridgehead atoms. The van der Waals surface area contributed by atoms with Gasteiger partial charge in [0.05, 0.1) is 32.0 Å². The van der Waals surface area contributed by atoms with E-state index in [0.29, 0.717) is 51.6 Å². The lowest BCUT2D eigenvalue weighted by molar-refractivity contribution is -0.0573. The van der Waals surface area contributed by atoms with Crippen LogP contribution in [-0.4, -0.2) is 99.8 Å². The van der Waals surface area contributed by atoms with E-state index in [1.54, 1.807) is 19.1 Å². The van der Waals surface area contributed by atoms with Gasteiger partial charge in [-0.05, 0) is 12.1 Å². The Labute approximate surface area is 155 Å². The first-order valence-corrected chi connectivity index (χ1v) is 8.98. The maximum Gasteiger partial charge on any atom is 0.254 e. The van der Waals surface area contributed by atoms with Gasteiger partial charge in [0.15, 0.2) is 0 Å². The minimum atomic E-state index is -0.519. The Kier molecular flexibility index (Phi) is 9.00. The predicted molar refractivity (Wildman–Crippen MR) is 98.3 cm³/mol. The highest BCUT2D eigenvalue weighted by Gasteiger charge is 2.26. The first-order valence-electron chi connectivity index (χ1n) is 8.98. The summed E-state index contributed by atoms with van der Waals surface area (Å²) in [4.78, 5) is 16.7. The molecule has 0 unspecified atom stereocenters. The van der Waals surface area contributed by atoms with Gasteiger partial charge in [0.2, 0.25) is 0 Å². The number of β-amino-alcohol motifs (C(OH)–C–C–N with tert-alkyl or cyclic N) is 1. The molecule has 1 aliphatic heterocycles. The fourth-order valence-electron chi connectivity index (χ4n) is 3.09. The number of amides is 1. The number of ether oxygens (including phenoxy) is 3. The van der Waals surface area contributed by atoms with Crippen LogP contribution < -0.4 is 0 Å². The number of carbonyl (C=O) groups excluding carboxylic acids is 1. The zero-order chi connectivity index (χ0) is 18.8. The maximum absolute atomic E-state index is 12.8. The third-order valence-corrected chi connectivity index (χ3v) is 4.35. The van der Waals surface area contributed by atoms with Gasteiger partial charge in [0, 0.05) is 52.5 Å². The zero-order valence-corrected chi connectivity index (χ0v) is 15.7. The lowest BCUT2D eigenvalue weighted by atomic mass is 10.1. The normalized spacial score (nSPS) is 19.3. The van der Waals surface area contributed by atoms with Gasteiger partial charge < -0.3 is 24.2 Å². The van der Waals surface area contributed by atoms with E-state index in [1.165, 1.54) is 0 Å². The molecular formula is C19H30N2O5. The van der Waals surface area contributed by atoms with Gasteiger partial charge >= 0.3 is 0 Å². The molecule has 146 valence electrons. The molecular weight excluding hydrogens is 336 g/mol. The Hall–Kier alpha value is -1.51. The smallest absolute Gasteiger partial charge is 0.254 e. The highest BCUT2D eigenvalue weighted by molar-refractivity contribution is 5.94. The van der Waals surface area contributed by atoms with Crippen molar-refractivity contribution >= 4 is 5.91 Å². The highest BCUT2D eigenvalue weighted by Crippen LogP contribution is 2.11. The van der Waals surface area contributed by atoms with Crippen LogP contribution >= 0.6 is 0 Å². The molecule has 1 aromatic carbocycles. The van der Waals surface area contributed by atoms with Crippen molar-refractivity contribution in [2.45, 2.75) is 12.2 Å². The number of hydrogen-bond donors (Lipinski definition) is 1. The van der Waals surface area contributed by atoms with E-state index in [4.69, 9.17) is 14.2 Å². The molecule has 1 saturated heterocycles. The number of carbonyl (C=O) groups is 1. The van der Waals surface area contributed by atoms with Crippen LogP contribution in [-0.2, 0) is 14.2 Å². The van der Waals surface area contributed by atoms with Crippen LogP contribution in [0.15, 0.2) is 30.3 Å². The van der Waals surface area contributed by atoms with Gasteiger partial charge in [-0.15, -0.1) is 0 Å². The van der Waals surface area contributed by atoms with Crippen molar-refractivity contribution in [1.29, 1.82) is 0 Å². The molecule has 7 nitrogen and oxygen atoms in total. The molecule has 1 aliphatic rings. The summed E-state index contributed by atoms with van der Waals surface area (Å²) in [5.74, 6) is -0.0252. The fourth-order valence-corrected chi connectivity index (χ4v) is 3.09. The monoisotopic (exact) mass is 366 g/mol. The van der Waals surface area contributed by atoms with Crippen molar-refractivity contribution in [3.05, 3.63) is 35.9 Å². The summed E-state index contributed by atoms with van der Waals surface area (Å²) in [5, 5.41) is 9.93. The number of methoxy groups -OCH3 is 2. The van der Waals surface area contributed by atoms with E-state index < -0.39 is 6.10 Å². The van der Waals surface area contributed by atoms with E-state index in [-0.39, 0.29) is 12.0 Å². The predicted octanol–water partition coefficient (Wildman–Crippen LogP) is 0.483. The Morgan fingerprint density at radius 2 is 2.12 bits per heavy atom. The molecule has 2 atom stereocenters. The number of aliphatic hydroxyl groups is 1. The molecule has 0 radical (unpaired) electrons. The average Bonchev–Trinajstić information content (AvgIpc) is 2.65. The third kappa shape index (κ3) is 6.66. The van der Waals surface area contributed by atoms with Crippen LogP contribution in [0, 0.1) is 0 Å². The van der Waals surface area contributed by atoms with Gasteiger partial charge in [-0.25, -0.2) is 0 Å². The van der Waals surface area contributed by atoms with Crippen LogP contribution in [0.1, 0.15) is 10.4 Å². The number of benzene rings is 1. The number of nitrogens with zero attached hydrogens (tertiary/aromatic N) is 2. The van der Waals surface area contributed by atoms with Gasteiger partial charge in [-0.1, -0.05) is 18.2 Å². The zero-order valence-electron chi connectivity index (χ0n) is 15.7. The van der Waals surface area contributed by atoms with Gasteiger partial charge in [0.25, 0.3) is 5.91 Å². The van der Waals surface area contributed by atoms with Gasteiger partial charge in [-0.2, -0.15) is 0 Å². The first kappa shape index (κ1) is 20.8. The van der Waals surface area contributed by atoms with Gasteiger partial charge in [-0.3, -0.25) is 9.69 Å². The molecule has 1 amide bonds. The van der Waals surface area contributed by atoms with Crippen molar-refractivity contribution in [3.63, 3.8) is 0 Å². The lowest BCUT2D eigenvalue weighted by Gasteiger charge is -2.36. The van der Waals surface area contributed by atoms with Crippen molar-refractivity contribution in [3.8, 4) is 0 Å². The average molecular weight is 366 g/mol. The summed E-state index contributed by atoms with van der Waals surface area (Å²) in [7, 11) is 3.20. The molecule has 2 rings (SSSR count). The van der Waals surface area contributed by atoms with Crippen molar-refractivity contribution < 1.29 is 24.1 Å². The summed E-state index contributed by atoms with van der Waals surface area (Å²) in [6, 6.07) is 9.24. The van der Waals surface area contributed by atoms with Crippen LogP contribution in [0.25, 0.3) is 0 Å². The van der Waals surface area contributed by atoms with E-state index >= 15 is 0 Å². The number of hydrogen-bond acceptors (Lipinski definition) is 6. The lowest BCUT2D eigenvalue weighted by Crippen LogP contribution is -2.51. The third-order valence-electron chi connectivity index (χ3n) is 4.35. The summed E-state index contributed by atoms with van der Waals surface area (Å²) >= 11 is 0. The molecule has 7 heteroatoms. The van der Waals surface area contributed by atoms with E-state index in [9.17, 15) is 9.90 Å². The molecule has 0 saturated carbocycles. The molecule has 1 fully saturated rings. The van der Waals surface area contributed by atoms with Crippen molar-refractivity contribution in [2.75, 3.05) is 66.8 Å². The van der Waals surface area contributed by atoms with E-state index in [2.05, 4.69) is 4.90 Å². The molecule has 26 heavy (non-hydrogen) atoms. The van der Waals surface area contributed by atoms with Crippen molar-refractivity contribution in [1.82, 2.24) is 9.80 Å². The van der Waals surface area contributed by atoms with E-state index in [1.807, 2.05) is 30.3 Å². The van der Waals surface area contributed by atoms with Gasteiger partial charge in [0.1, 0.15) is 0 Å². The quantitative estimate of drug-likeness (QED) is 0.650. The second-order valence-electron chi connectivity index (χ2n) is 6.47. The second-order valence-corrected chi connectivity index (χ2v) is 6.47. The highest BCUT2D eigenvalue weighted by atomic mass is 16.5. The summed E-state index contributed by atoms with van der Waals surface area (Å²) in [6.45, 7) is 4.36. The topological polar surface area (TPSA) is 71.5 Å². The number of rotatable bonds is 10. The Balaban J connectivity index is 1.95. The van der Waals surface area contributed by atoms with Crippen LogP contribution in [0.5, 0.6) is 0 Å². The molecule has 0 aromatic heterocycles. The number of morpholine rings is 1. The SMILES string of the molecule is COCCN(C[C@@H]1CN(C[C@H](O)COC)CCO1)C(=O)c1ccccc1. The largest absolute Gasteiger partial charge is 0.389 e. The summed E-state index contributed by atoms with van der Waals surface area (Å²) in [5.41, 5.74) is 0.659. The van der Waals surface area contributed by atoms with Crippen LogP contribution in [0.3, 0.4) is 0 Å². The van der Waals surface area contributed by atoms with E-state index in [0.717, 1.165) is 6.54 Å². The second kappa shape index (κ2) is 11.3. The standard InChI is InChI=1S/C19H30N2O5/c1-24-10-9-21(19(23)16-6-4-3-5-7-16)14-18-13-20(8-11-26-18)12-17(22)15-25-2/h3-7,17-18,22H,8-15H2,1-2H3/t17-,18-/m0/s1. The Morgan fingerprint density at radius 1 is 1.35 bits per heavy atom. The molecule has 1 aromatic rings. The summed E-state index contributed by atoms with van der Waals surface area (Å²) in [6.07, 6.45) is -0.614. The Morgan fingerprint density at radius 3 is 2.81 bits per heavy atom. The molecule has 1 heterocycles. The summed E-state index contributed by atoms with van der Waals surface area (Å²) < 4.78 is 16.0. The molecule has 0 spiro atoms. The Bertz CT molecular complexity index is 528. The minimum absolute atomic E-state index is 0.0252. The minimum Gasteiger partial charge on any atom is -0.389 e. The van der Waals surface area contributed by atoms with Crippen molar-refractivity contribution in [2.24, 2.45) is 0 Å². The first-order chi connectivity index (χ1) is 12.6. The molecule has 1 N–H and O–H groups in total. The maximum atomic E-state index is 12.8. The van der Waals surface area contributed by atoms with Crippen LogP contribution in [0.4, 0.5) is 0 Å².